The second kappa shape index (κ2) is 5.54. The van der Waals surface area contributed by atoms with E-state index in [1.54, 1.807) is 0 Å². The van der Waals surface area contributed by atoms with E-state index in [9.17, 15) is 0 Å². The molecule has 0 heterocycles. The van der Waals surface area contributed by atoms with Gasteiger partial charge in [-0.05, 0) is 28.7 Å². The van der Waals surface area contributed by atoms with Crippen LogP contribution in [0.2, 0.25) is 0 Å². The highest BCUT2D eigenvalue weighted by molar-refractivity contribution is 6.45. The molecule has 2 aromatic rings. The first kappa shape index (κ1) is 15.1. The Hall–Kier alpha value is -1.50. The summed E-state index contributed by atoms with van der Waals surface area (Å²) in [5, 5.41) is 0. The SMILES string of the molecule is CC(C1=CC=CC1)(C(Cl)Cl)C1c2ccccc2-c2ccccc21. The van der Waals surface area contributed by atoms with Crippen LogP contribution in [0.5, 0.6) is 0 Å². The Morgan fingerprint density at radius 1 is 0.957 bits per heavy atom. The van der Waals surface area contributed by atoms with E-state index in [0.717, 1.165) is 6.42 Å². The Labute approximate surface area is 147 Å². The van der Waals surface area contributed by atoms with Gasteiger partial charge in [0.15, 0.2) is 0 Å². The normalized spacial score (nSPS) is 18.7. The summed E-state index contributed by atoms with van der Waals surface area (Å²) in [5.41, 5.74) is 6.25. The zero-order valence-corrected chi connectivity index (χ0v) is 14.5. The maximum absolute atomic E-state index is 6.57. The lowest BCUT2D eigenvalue weighted by atomic mass is 9.68. The molecule has 116 valence electrons. The van der Waals surface area contributed by atoms with Crippen molar-refractivity contribution in [3.05, 3.63) is 83.5 Å². The van der Waals surface area contributed by atoms with Crippen LogP contribution in [-0.2, 0) is 0 Å². The second-order valence-electron chi connectivity index (χ2n) is 6.52. The molecule has 0 saturated heterocycles. The van der Waals surface area contributed by atoms with Crippen LogP contribution in [0.15, 0.2) is 72.3 Å². The molecule has 23 heavy (non-hydrogen) atoms. The van der Waals surface area contributed by atoms with E-state index in [2.05, 4.69) is 73.7 Å². The minimum absolute atomic E-state index is 0.182. The Morgan fingerprint density at radius 2 is 1.52 bits per heavy atom. The van der Waals surface area contributed by atoms with Crippen molar-refractivity contribution in [1.29, 1.82) is 0 Å². The largest absolute Gasteiger partial charge is 0.117 e. The predicted molar refractivity (Wildman–Crippen MR) is 99.2 cm³/mol. The van der Waals surface area contributed by atoms with Crippen molar-refractivity contribution in [2.75, 3.05) is 0 Å². The zero-order valence-electron chi connectivity index (χ0n) is 13.0. The smallest absolute Gasteiger partial charge is 0.104 e. The molecule has 0 bridgehead atoms. The van der Waals surface area contributed by atoms with Gasteiger partial charge in [0, 0.05) is 11.3 Å². The minimum Gasteiger partial charge on any atom is -0.104 e. The van der Waals surface area contributed by atoms with E-state index in [1.807, 2.05) is 0 Å². The summed E-state index contributed by atoms with van der Waals surface area (Å²) < 4.78 is 0. The summed E-state index contributed by atoms with van der Waals surface area (Å²) in [4.78, 5) is -0.474. The van der Waals surface area contributed by atoms with E-state index in [0.29, 0.717) is 0 Å². The van der Waals surface area contributed by atoms with Gasteiger partial charge >= 0.3 is 0 Å². The van der Waals surface area contributed by atoms with Gasteiger partial charge in [0.1, 0.15) is 4.84 Å². The third-order valence-corrected chi connectivity index (χ3v) is 6.26. The highest BCUT2D eigenvalue weighted by atomic mass is 35.5. The number of benzene rings is 2. The van der Waals surface area contributed by atoms with Crippen molar-refractivity contribution in [2.45, 2.75) is 24.1 Å². The first-order valence-corrected chi connectivity index (χ1v) is 8.84. The lowest BCUT2D eigenvalue weighted by Gasteiger charge is -2.39. The number of hydrogen-bond acceptors (Lipinski definition) is 0. The van der Waals surface area contributed by atoms with Crippen LogP contribution >= 0.6 is 23.2 Å². The van der Waals surface area contributed by atoms with Gasteiger partial charge in [-0.1, -0.05) is 79.3 Å². The van der Waals surface area contributed by atoms with Gasteiger partial charge in [-0.25, -0.2) is 0 Å². The summed E-state index contributed by atoms with van der Waals surface area (Å²) >= 11 is 13.1. The fraction of sp³-hybridized carbons (Fsp3) is 0.238. The standard InChI is InChI=1S/C21H18Cl2/c1-21(20(22)23,14-8-2-3-9-14)19-17-12-6-4-10-15(17)16-11-5-7-13-18(16)19/h2-8,10-13,19-20H,9H2,1H3. The second-order valence-corrected chi connectivity index (χ2v) is 7.61. The van der Waals surface area contributed by atoms with Crippen molar-refractivity contribution < 1.29 is 0 Å². The van der Waals surface area contributed by atoms with Gasteiger partial charge in [-0.3, -0.25) is 0 Å². The van der Waals surface area contributed by atoms with Crippen molar-refractivity contribution >= 4 is 23.2 Å². The van der Waals surface area contributed by atoms with Crippen LogP contribution in [-0.4, -0.2) is 4.84 Å². The third kappa shape index (κ3) is 2.12. The summed E-state index contributed by atoms with van der Waals surface area (Å²) in [7, 11) is 0. The predicted octanol–water partition coefficient (Wildman–Crippen LogP) is 6.50. The molecule has 0 spiro atoms. The Kier molecular flexibility index (Phi) is 3.63. The minimum atomic E-state index is -0.474. The molecule has 4 rings (SSSR count). The topological polar surface area (TPSA) is 0 Å². The average molecular weight is 341 g/mol. The molecule has 0 radical (unpaired) electrons. The van der Waals surface area contributed by atoms with Gasteiger partial charge in [-0.15, -0.1) is 23.2 Å². The van der Waals surface area contributed by atoms with Gasteiger partial charge in [-0.2, -0.15) is 0 Å². The number of alkyl halides is 2. The van der Waals surface area contributed by atoms with Crippen LogP contribution in [0.25, 0.3) is 11.1 Å². The Morgan fingerprint density at radius 3 is 2.00 bits per heavy atom. The maximum Gasteiger partial charge on any atom is 0.117 e. The van der Waals surface area contributed by atoms with E-state index < -0.39 is 4.84 Å². The molecule has 1 atom stereocenters. The fourth-order valence-electron chi connectivity index (χ4n) is 4.10. The number of fused-ring (bicyclic) bond motifs is 3. The highest BCUT2D eigenvalue weighted by Crippen LogP contribution is 2.59. The van der Waals surface area contributed by atoms with E-state index in [1.165, 1.54) is 27.8 Å². The van der Waals surface area contributed by atoms with E-state index in [4.69, 9.17) is 23.2 Å². The molecule has 0 fully saturated rings. The lowest BCUT2D eigenvalue weighted by molar-refractivity contribution is 0.374. The van der Waals surface area contributed by atoms with Crippen LogP contribution in [0.4, 0.5) is 0 Å². The Bertz CT molecular complexity index is 771. The molecule has 0 saturated carbocycles. The molecule has 0 N–H and O–H groups in total. The van der Waals surface area contributed by atoms with E-state index in [-0.39, 0.29) is 11.3 Å². The van der Waals surface area contributed by atoms with Crippen molar-refractivity contribution in [3.63, 3.8) is 0 Å². The quantitative estimate of drug-likeness (QED) is 0.559. The first-order chi connectivity index (χ1) is 11.1. The van der Waals surface area contributed by atoms with E-state index >= 15 is 0 Å². The molecule has 2 heteroatoms. The van der Waals surface area contributed by atoms with Crippen LogP contribution in [0.3, 0.4) is 0 Å². The van der Waals surface area contributed by atoms with Crippen LogP contribution in [0, 0.1) is 5.41 Å². The molecule has 2 aliphatic carbocycles. The Balaban J connectivity index is 1.97. The number of allylic oxidation sites excluding steroid dienone is 4. The molecule has 2 aromatic carbocycles. The van der Waals surface area contributed by atoms with Crippen molar-refractivity contribution in [2.24, 2.45) is 5.41 Å². The van der Waals surface area contributed by atoms with Crippen LogP contribution in [0.1, 0.15) is 30.4 Å². The summed E-state index contributed by atoms with van der Waals surface area (Å²) in [5.74, 6) is 0.182. The van der Waals surface area contributed by atoms with Gasteiger partial charge in [0.25, 0.3) is 0 Å². The van der Waals surface area contributed by atoms with Gasteiger partial charge in [0.05, 0.1) is 0 Å². The number of halogens is 2. The molecule has 1 unspecified atom stereocenters. The number of rotatable bonds is 3. The summed E-state index contributed by atoms with van der Waals surface area (Å²) in [6.45, 7) is 2.21. The summed E-state index contributed by atoms with van der Waals surface area (Å²) in [6, 6.07) is 17.3. The fourth-order valence-corrected chi connectivity index (χ4v) is 4.63. The zero-order chi connectivity index (χ0) is 16.0. The lowest BCUT2D eigenvalue weighted by Crippen LogP contribution is -2.33. The molecular weight excluding hydrogens is 323 g/mol. The maximum atomic E-state index is 6.57. The van der Waals surface area contributed by atoms with Crippen molar-refractivity contribution in [1.82, 2.24) is 0 Å². The molecular formula is C21H18Cl2. The average Bonchev–Trinajstić information content (AvgIpc) is 3.21. The monoisotopic (exact) mass is 340 g/mol. The number of hydrogen-bond donors (Lipinski definition) is 0. The van der Waals surface area contributed by atoms with Crippen LogP contribution < -0.4 is 0 Å². The van der Waals surface area contributed by atoms with Gasteiger partial charge < -0.3 is 0 Å². The van der Waals surface area contributed by atoms with Crippen molar-refractivity contribution in [3.8, 4) is 11.1 Å². The molecule has 0 aromatic heterocycles. The first-order valence-electron chi connectivity index (χ1n) is 7.96. The molecule has 0 aliphatic heterocycles. The molecule has 0 nitrogen and oxygen atoms in total. The van der Waals surface area contributed by atoms with Gasteiger partial charge in [0.2, 0.25) is 0 Å². The third-order valence-electron chi connectivity index (χ3n) is 5.35. The molecule has 2 aliphatic rings. The molecule has 0 amide bonds. The summed E-state index contributed by atoms with van der Waals surface area (Å²) in [6.07, 6.45) is 7.39. The highest BCUT2D eigenvalue weighted by Gasteiger charge is 2.48.